The number of rotatable bonds is 5. The minimum atomic E-state index is 0.0611. The fraction of sp³-hybridized carbons (Fsp3) is 0.538. The van der Waals surface area contributed by atoms with Crippen molar-refractivity contribution in [1.82, 2.24) is 4.98 Å². The van der Waals surface area contributed by atoms with Gasteiger partial charge in [-0.3, -0.25) is 0 Å². The Morgan fingerprint density at radius 3 is 2.59 bits per heavy atom. The molecule has 0 amide bonds. The van der Waals surface area contributed by atoms with Crippen LogP contribution in [-0.2, 0) is 0 Å². The van der Waals surface area contributed by atoms with Crippen LogP contribution in [0.25, 0.3) is 0 Å². The van der Waals surface area contributed by atoms with Crippen LogP contribution in [0.2, 0.25) is 0 Å². The van der Waals surface area contributed by atoms with Gasteiger partial charge in [-0.2, -0.15) is 5.26 Å². The lowest BCUT2D eigenvalue weighted by Crippen LogP contribution is -2.39. The summed E-state index contributed by atoms with van der Waals surface area (Å²) in [6.45, 7) is 8.74. The third-order valence-electron chi connectivity index (χ3n) is 2.75. The number of nitriles is 1. The van der Waals surface area contributed by atoms with Gasteiger partial charge in [0.2, 0.25) is 0 Å². The van der Waals surface area contributed by atoms with Gasteiger partial charge in [0.25, 0.3) is 0 Å². The van der Waals surface area contributed by atoms with Crippen molar-refractivity contribution in [2.45, 2.75) is 20.8 Å². The third kappa shape index (κ3) is 3.72. The van der Waals surface area contributed by atoms with Gasteiger partial charge < -0.3 is 10.6 Å². The van der Waals surface area contributed by atoms with E-state index < -0.39 is 0 Å². The van der Waals surface area contributed by atoms with Crippen molar-refractivity contribution >= 4 is 5.82 Å². The van der Waals surface area contributed by atoms with Crippen LogP contribution < -0.4 is 10.6 Å². The van der Waals surface area contributed by atoms with Crippen LogP contribution in [0.3, 0.4) is 0 Å². The van der Waals surface area contributed by atoms with Gasteiger partial charge in [0, 0.05) is 19.3 Å². The topological polar surface area (TPSA) is 65.9 Å². The van der Waals surface area contributed by atoms with Gasteiger partial charge in [0.05, 0.1) is 5.56 Å². The molecule has 0 bridgehead atoms. The highest BCUT2D eigenvalue weighted by atomic mass is 15.2. The summed E-state index contributed by atoms with van der Waals surface area (Å²) in [5.74, 6) is 0.896. The minimum absolute atomic E-state index is 0.0611. The van der Waals surface area contributed by atoms with Crippen molar-refractivity contribution in [3.8, 4) is 6.07 Å². The van der Waals surface area contributed by atoms with E-state index in [9.17, 15) is 0 Å². The van der Waals surface area contributed by atoms with Gasteiger partial charge >= 0.3 is 0 Å². The van der Waals surface area contributed by atoms with E-state index in [-0.39, 0.29) is 5.41 Å². The van der Waals surface area contributed by atoms with Crippen molar-refractivity contribution in [1.29, 1.82) is 5.26 Å². The number of nitrogens with zero attached hydrogens (tertiary/aromatic N) is 3. The Hall–Kier alpha value is -1.60. The van der Waals surface area contributed by atoms with Crippen molar-refractivity contribution in [3.63, 3.8) is 0 Å². The smallest absolute Gasteiger partial charge is 0.128 e. The Morgan fingerprint density at radius 1 is 1.47 bits per heavy atom. The molecule has 0 fully saturated rings. The molecule has 1 heterocycles. The van der Waals surface area contributed by atoms with Crippen molar-refractivity contribution in [2.75, 3.05) is 24.5 Å². The van der Waals surface area contributed by atoms with Gasteiger partial charge in [-0.05, 0) is 31.0 Å². The van der Waals surface area contributed by atoms with E-state index in [1.807, 2.05) is 6.07 Å². The standard InChI is InChI=1S/C13H20N4/c1-4-17(10-13(2,3)9-15)12-6-5-11(7-14)8-16-12/h5-6,8H,4,9-10,15H2,1-3H3. The average molecular weight is 232 g/mol. The van der Waals surface area contributed by atoms with Crippen molar-refractivity contribution in [2.24, 2.45) is 11.1 Å². The molecule has 1 rings (SSSR count). The van der Waals surface area contributed by atoms with E-state index in [1.165, 1.54) is 0 Å². The molecule has 4 nitrogen and oxygen atoms in total. The lowest BCUT2D eigenvalue weighted by molar-refractivity contribution is 0.379. The van der Waals surface area contributed by atoms with E-state index in [0.717, 1.165) is 18.9 Å². The molecule has 0 saturated carbocycles. The first-order chi connectivity index (χ1) is 8.02. The Morgan fingerprint density at radius 2 is 2.18 bits per heavy atom. The van der Waals surface area contributed by atoms with Crippen LogP contribution in [0, 0.1) is 16.7 Å². The number of pyridine rings is 1. The molecule has 0 atom stereocenters. The monoisotopic (exact) mass is 232 g/mol. The summed E-state index contributed by atoms with van der Waals surface area (Å²) >= 11 is 0. The fourth-order valence-electron chi connectivity index (χ4n) is 1.58. The molecule has 0 saturated heterocycles. The molecule has 0 aliphatic heterocycles. The average Bonchev–Trinajstić information content (AvgIpc) is 2.36. The molecule has 0 aromatic carbocycles. The van der Waals surface area contributed by atoms with Gasteiger partial charge in [0.1, 0.15) is 11.9 Å². The zero-order chi connectivity index (χ0) is 12.9. The maximum atomic E-state index is 8.73. The Kier molecular flexibility index (Phi) is 4.47. The number of aromatic nitrogens is 1. The molecule has 1 aromatic rings. The number of hydrogen-bond acceptors (Lipinski definition) is 4. The molecule has 0 radical (unpaired) electrons. The maximum Gasteiger partial charge on any atom is 0.128 e. The van der Waals surface area contributed by atoms with E-state index in [0.29, 0.717) is 12.1 Å². The zero-order valence-electron chi connectivity index (χ0n) is 10.8. The quantitative estimate of drug-likeness (QED) is 0.840. The van der Waals surface area contributed by atoms with E-state index in [2.05, 4.69) is 36.7 Å². The second kappa shape index (κ2) is 5.65. The maximum absolute atomic E-state index is 8.73. The van der Waals surface area contributed by atoms with Crippen molar-refractivity contribution < 1.29 is 0 Å². The lowest BCUT2D eigenvalue weighted by Gasteiger charge is -2.31. The largest absolute Gasteiger partial charge is 0.356 e. The molecule has 1 aromatic heterocycles. The summed E-state index contributed by atoms with van der Waals surface area (Å²) in [7, 11) is 0. The normalized spacial score (nSPS) is 11.0. The highest BCUT2D eigenvalue weighted by Crippen LogP contribution is 2.19. The first-order valence-electron chi connectivity index (χ1n) is 5.83. The van der Waals surface area contributed by atoms with Crippen molar-refractivity contribution in [3.05, 3.63) is 23.9 Å². The fourth-order valence-corrected chi connectivity index (χ4v) is 1.58. The molecule has 92 valence electrons. The minimum Gasteiger partial charge on any atom is -0.356 e. The predicted molar refractivity (Wildman–Crippen MR) is 69.7 cm³/mol. The SMILES string of the molecule is CCN(CC(C)(C)CN)c1ccc(C#N)cn1. The van der Waals surface area contributed by atoms with Gasteiger partial charge in [-0.25, -0.2) is 4.98 Å². The van der Waals surface area contributed by atoms with E-state index >= 15 is 0 Å². The molecule has 0 unspecified atom stereocenters. The second-order valence-corrected chi connectivity index (χ2v) is 4.90. The molecule has 17 heavy (non-hydrogen) atoms. The Balaban J connectivity index is 2.83. The van der Waals surface area contributed by atoms with E-state index in [1.54, 1.807) is 12.3 Å². The summed E-state index contributed by atoms with van der Waals surface area (Å²) in [5.41, 5.74) is 6.39. The predicted octanol–water partition coefficient (Wildman–Crippen LogP) is 1.76. The van der Waals surface area contributed by atoms with Crippen LogP contribution in [0.1, 0.15) is 26.3 Å². The lowest BCUT2D eigenvalue weighted by atomic mass is 9.93. The molecule has 2 N–H and O–H groups in total. The van der Waals surface area contributed by atoms with Gasteiger partial charge in [0.15, 0.2) is 0 Å². The first kappa shape index (κ1) is 13.5. The summed E-state index contributed by atoms with van der Waals surface area (Å²) in [4.78, 5) is 6.48. The third-order valence-corrected chi connectivity index (χ3v) is 2.75. The zero-order valence-corrected chi connectivity index (χ0v) is 10.8. The highest BCUT2D eigenvalue weighted by molar-refractivity contribution is 5.41. The Labute approximate surface area is 103 Å². The van der Waals surface area contributed by atoms with Crippen LogP contribution in [0.15, 0.2) is 18.3 Å². The summed E-state index contributed by atoms with van der Waals surface area (Å²) < 4.78 is 0. The van der Waals surface area contributed by atoms with E-state index in [4.69, 9.17) is 11.0 Å². The van der Waals surface area contributed by atoms with Crippen LogP contribution in [-0.4, -0.2) is 24.6 Å². The summed E-state index contributed by atoms with van der Waals surface area (Å²) in [6.07, 6.45) is 1.60. The van der Waals surface area contributed by atoms with Crippen LogP contribution in [0.5, 0.6) is 0 Å². The van der Waals surface area contributed by atoms with Gasteiger partial charge in [-0.1, -0.05) is 13.8 Å². The molecule has 4 heteroatoms. The summed E-state index contributed by atoms with van der Waals surface area (Å²) in [5, 5.41) is 8.73. The number of anilines is 1. The molecule has 0 spiro atoms. The number of hydrogen-bond donors (Lipinski definition) is 1. The molecule has 0 aliphatic rings. The highest BCUT2D eigenvalue weighted by Gasteiger charge is 2.20. The number of nitrogens with two attached hydrogens (primary N) is 1. The molecule has 0 aliphatic carbocycles. The Bertz CT molecular complexity index is 389. The van der Waals surface area contributed by atoms with Crippen LogP contribution in [0.4, 0.5) is 5.82 Å². The first-order valence-corrected chi connectivity index (χ1v) is 5.83. The molecular weight excluding hydrogens is 212 g/mol. The molecular formula is C13H20N4. The summed E-state index contributed by atoms with van der Waals surface area (Å²) in [6, 6.07) is 5.75. The van der Waals surface area contributed by atoms with Gasteiger partial charge in [-0.15, -0.1) is 0 Å². The van der Waals surface area contributed by atoms with Crippen LogP contribution >= 0.6 is 0 Å². The second-order valence-electron chi connectivity index (χ2n) is 4.90.